The molecule has 2 aromatic carbocycles. The molecule has 1 atom stereocenters. The quantitative estimate of drug-likeness (QED) is 0.616. The molecular weight excluding hydrogens is 340 g/mol. The van der Waals surface area contributed by atoms with Crippen LogP contribution in [0.3, 0.4) is 0 Å². The second-order valence-electron chi connectivity index (χ2n) is 7.01. The largest absolute Gasteiger partial charge is 0.451 e. The zero-order valence-electron chi connectivity index (χ0n) is 15.6. The molecule has 0 aliphatic rings. The van der Waals surface area contributed by atoms with Crippen LogP contribution in [0.15, 0.2) is 60.7 Å². The fourth-order valence-corrected chi connectivity index (χ4v) is 3.06. The van der Waals surface area contributed by atoms with Crippen LogP contribution in [0.4, 0.5) is 0 Å². The van der Waals surface area contributed by atoms with Gasteiger partial charge in [-0.1, -0.05) is 62.4 Å². The normalized spacial score (nSPS) is 12.1. The van der Waals surface area contributed by atoms with Crippen LogP contribution < -0.4 is 5.32 Å². The van der Waals surface area contributed by atoms with Gasteiger partial charge in [-0.15, -0.1) is 0 Å². The van der Waals surface area contributed by atoms with Crippen LogP contribution in [-0.4, -0.2) is 23.5 Å². The van der Waals surface area contributed by atoms with Crippen LogP contribution in [0, 0.1) is 5.92 Å². The Balaban J connectivity index is 1.59. The molecule has 0 saturated carbocycles. The summed E-state index contributed by atoms with van der Waals surface area (Å²) in [6.07, 6.45) is 0.811. The number of carbonyl (C=O) groups excluding carboxylic acids is 2. The smallest absolute Gasteiger partial charge is 0.355 e. The van der Waals surface area contributed by atoms with E-state index in [9.17, 15) is 9.59 Å². The Hall–Kier alpha value is -3.08. The zero-order chi connectivity index (χ0) is 19.2. The summed E-state index contributed by atoms with van der Waals surface area (Å²) in [4.78, 5) is 27.5. The number of hydrogen-bond donors (Lipinski definition) is 2. The Labute approximate surface area is 158 Å². The highest BCUT2D eigenvalue weighted by Gasteiger charge is 2.18. The number of para-hydroxylation sites is 1. The predicted octanol–water partition coefficient (Wildman–Crippen LogP) is 4.23. The second-order valence-corrected chi connectivity index (χ2v) is 7.01. The van der Waals surface area contributed by atoms with Crippen molar-refractivity contribution in [2.45, 2.75) is 26.3 Å². The summed E-state index contributed by atoms with van der Waals surface area (Å²) in [5, 5.41) is 3.90. The Morgan fingerprint density at radius 3 is 2.44 bits per heavy atom. The van der Waals surface area contributed by atoms with E-state index < -0.39 is 5.97 Å². The summed E-state index contributed by atoms with van der Waals surface area (Å²) >= 11 is 0. The average molecular weight is 364 g/mol. The Bertz CT molecular complexity index is 882. The highest BCUT2D eigenvalue weighted by molar-refractivity contribution is 5.95. The van der Waals surface area contributed by atoms with E-state index in [1.807, 2.05) is 54.6 Å². The molecule has 0 saturated heterocycles. The summed E-state index contributed by atoms with van der Waals surface area (Å²) in [5.74, 6) is -0.431. The van der Waals surface area contributed by atoms with Crippen LogP contribution in [-0.2, 0) is 9.53 Å². The minimum atomic E-state index is -0.540. The van der Waals surface area contributed by atoms with Crippen molar-refractivity contribution >= 4 is 22.8 Å². The summed E-state index contributed by atoms with van der Waals surface area (Å²) in [7, 11) is 0. The first kappa shape index (κ1) is 18.7. The number of aromatic amines is 1. The molecule has 1 heterocycles. The van der Waals surface area contributed by atoms with E-state index in [1.165, 1.54) is 0 Å². The van der Waals surface area contributed by atoms with Gasteiger partial charge in [-0.3, -0.25) is 4.79 Å². The van der Waals surface area contributed by atoms with Crippen LogP contribution in [0.2, 0.25) is 0 Å². The molecule has 0 radical (unpaired) electrons. The average Bonchev–Trinajstić information content (AvgIpc) is 3.10. The van der Waals surface area contributed by atoms with Crippen molar-refractivity contribution in [2.24, 2.45) is 5.92 Å². The first-order valence-corrected chi connectivity index (χ1v) is 9.12. The number of hydrogen-bond acceptors (Lipinski definition) is 3. The molecule has 0 fully saturated rings. The first-order chi connectivity index (χ1) is 13.0. The molecule has 5 heteroatoms. The van der Waals surface area contributed by atoms with Gasteiger partial charge in [0.15, 0.2) is 6.61 Å². The summed E-state index contributed by atoms with van der Waals surface area (Å²) in [5.41, 5.74) is 2.24. The molecule has 3 aromatic rings. The SMILES string of the molecule is CC(C)C[C@H](NC(=O)COC(=O)c1cc2ccccc2[nH]1)c1ccccc1. The number of amides is 1. The van der Waals surface area contributed by atoms with Gasteiger partial charge in [-0.2, -0.15) is 0 Å². The van der Waals surface area contributed by atoms with E-state index in [0.717, 1.165) is 22.9 Å². The van der Waals surface area contributed by atoms with Gasteiger partial charge in [0.1, 0.15) is 5.69 Å². The van der Waals surface area contributed by atoms with Crippen LogP contribution >= 0.6 is 0 Å². The maximum absolute atomic E-state index is 12.3. The van der Waals surface area contributed by atoms with Crippen molar-refractivity contribution in [3.8, 4) is 0 Å². The Morgan fingerprint density at radius 1 is 1.04 bits per heavy atom. The van der Waals surface area contributed by atoms with E-state index in [-0.39, 0.29) is 18.6 Å². The second kappa shape index (κ2) is 8.54. The van der Waals surface area contributed by atoms with Gasteiger partial charge < -0.3 is 15.0 Å². The number of carbonyl (C=O) groups is 2. The maximum atomic E-state index is 12.3. The first-order valence-electron chi connectivity index (χ1n) is 9.12. The third-order valence-corrected chi connectivity index (χ3v) is 4.33. The van der Waals surface area contributed by atoms with Crippen molar-refractivity contribution in [1.29, 1.82) is 0 Å². The van der Waals surface area contributed by atoms with Gasteiger partial charge in [-0.05, 0) is 30.0 Å². The number of benzene rings is 2. The van der Waals surface area contributed by atoms with Crippen molar-refractivity contribution in [3.63, 3.8) is 0 Å². The maximum Gasteiger partial charge on any atom is 0.355 e. The van der Waals surface area contributed by atoms with E-state index in [1.54, 1.807) is 6.07 Å². The van der Waals surface area contributed by atoms with Gasteiger partial charge in [0.25, 0.3) is 5.91 Å². The molecule has 0 unspecified atom stereocenters. The number of esters is 1. The molecule has 27 heavy (non-hydrogen) atoms. The topological polar surface area (TPSA) is 71.2 Å². The fourth-order valence-electron chi connectivity index (χ4n) is 3.06. The molecule has 140 valence electrons. The summed E-state index contributed by atoms with van der Waals surface area (Å²) < 4.78 is 5.18. The molecule has 0 spiro atoms. The zero-order valence-corrected chi connectivity index (χ0v) is 15.6. The van der Waals surface area contributed by atoms with Crippen LogP contribution in [0.5, 0.6) is 0 Å². The van der Waals surface area contributed by atoms with Crippen molar-refractivity contribution in [3.05, 3.63) is 71.9 Å². The standard InChI is InChI=1S/C22H24N2O3/c1-15(2)12-19(16-8-4-3-5-9-16)24-21(25)14-27-22(26)20-13-17-10-6-7-11-18(17)23-20/h3-11,13,15,19,23H,12,14H2,1-2H3,(H,24,25)/t19-/m0/s1. The Morgan fingerprint density at radius 2 is 1.74 bits per heavy atom. The molecule has 1 aromatic heterocycles. The van der Waals surface area contributed by atoms with Crippen LogP contribution in [0.1, 0.15) is 42.4 Å². The van der Waals surface area contributed by atoms with Gasteiger partial charge in [0, 0.05) is 10.9 Å². The summed E-state index contributed by atoms with van der Waals surface area (Å²) in [6.45, 7) is 3.91. The monoisotopic (exact) mass is 364 g/mol. The number of ether oxygens (including phenoxy) is 1. The lowest BCUT2D eigenvalue weighted by molar-refractivity contribution is -0.125. The number of H-pyrrole nitrogens is 1. The molecule has 3 rings (SSSR count). The minimum absolute atomic E-state index is 0.106. The predicted molar refractivity (Wildman–Crippen MR) is 105 cm³/mol. The molecule has 5 nitrogen and oxygen atoms in total. The number of fused-ring (bicyclic) bond motifs is 1. The highest BCUT2D eigenvalue weighted by atomic mass is 16.5. The lowest BCUT2D eigenvalue weighted by Gasteiger charge is -2.21. The van der Waals surface area contributed by atoms with Crippen molar-refractivity contribution < 1.29 is 14.3 Å². The van der Waals surface area contributed by atoms with Crippen molar-refractivity contribution in [1.82, 2.24) is 10.3 Å². The molecule has 2 N–H and O–H groups in total. The molecule has 0 aliphatic carbocycles. The van der Waals surface area contributed by atoms with E-state index in [0.29, 0.717) is 11.6 Å². The van der Waals surface area contributed by atoms with E-state index in [4.69, 9.17) is 4.74 Å². The van der Waals surface area contributed by atoms with Gasteiger partial charge >= 0.3 is 5.97 Å². The minimum Gasteiger partial charge on any atom is -0.451 e. The lowest BCUT2D eigenvalue weighted by Crippen LogP contribution is -2.33. The third kappa shape index (κ3) is 4.97. The van der Waals surface area contributed by atoms with Crippen LogP contribution in [0.25, 0.3) is 10.9 Å². The summed E-state index contributed by atoms with van der Waals surface area (Å²) in [6, 6.07) is 19.0. The van der Waals surface area contributed by atoms with E-state index in [2.05, 4.69) is 24.1 Å². The lowest BCUT2D eigenvalue weighted by atomic mass is 9.97. The molecule has 0 bridgehead atoms. The Kier molecular flexibility index (Phi) is 5.91. The third-order valence-electron chi connectivity index (χ3n) is 4.33. The number of rotatable bonds is 7. The fraction of sp³-hybridized carbons (Fsp3) is 0.273. The highest BCUT2D eigenvalue weighted by Crippen LogP contribution is 2.21. The number of aromatic nitrogens is 1. The van der Waals surface area contributed by atoms with Gasteiger partial charge in [-0.25, -0.2) is 4.79 Å². The van der Waals surface area contributed by atoms with Gasteiger partial charge in [0.05, 0.1) is 6.04 Å². The molecule has 0 aliphatic heterocycles. The molecule has 1 amide bonds. The number of nitrogens with one attached hydrogen (secondary N) is 2. The van der Waals surface area contributed by atoms with E-state index >= 15 is 0 Å². The molecular formula is C22H24N2O3. The van der Waals surface area contributed by atoms with Gasteiger partial charge in [0.2, 0.25) is 0 Å². The van der Waals surface area contributed by atoms with Crippen molar-refractivity contribution in [2.75, 3.05) is 6.61 Å².